The first-order chi connectivity index (χ1) is 17.8. The average Bonchev–Trinajstić information content (AvgIpc) is 2.87. The number of nitrogens with zero attached hydrogens (tertiary/aromatic N) is 1. The van der Waals surface area contributed by atoms with E-state index in [1.165, 1.54) is 10.5 Å². The van der Waals surface area contributed by atoms with Crippen LogP contribution in [0.15, 0.2) is 30.3 Å². The first kappa shape index (κ1) is 31.3. The van der Waals surface area contributed by atoms with E-state index in [4.69, 9.17) is 9.47 Å². The lowest BCUT2D eigenvalue weighted by atomic mass is 9.84. The predicted octanol–water partition coefficient (Wildman–Crippen LogP) is 5.22. The van der Waals surface area contributed by atoms with Crippen molar-refractivity contribution in [1.82, 2.24) is 10.2 Å². The number of Topliss-reactive ketones (excluding diaryl/α,β-unsaturated/α-hetero) is 1. The summed E-state index contributed by atoms with van der Waals surface area (Å²) >= 11 is 0. The lowest BCUT2D eigenvalue weighted by molar-refractivity contribution is -0.164. The normalized spacial score (nSPS) is 16.9. The highest BCUT2D eigenvalue weighted by molar-refractivity contribution is 6.38. The van der Waals surface area contributed by atoms with Crippen LogP contribution in [0.25, 0.3) is 0 Å². The summed E-state index contributed by atoms with van der Waals surface area (Å²) in [7, 11) is 0. The number of likely N-dealkylation sites (tertiary alicyclic amines) is 1. The van der Waals surface area contributed by atoms with Gasteiger partial charge >= 0.3 is 12.1 Å². The summed E-state index contributed by atoms with van der Waals surface area (Å²) in [5.74, 6) is -1.56. The van der Waals surface area contributed by atoms with E-state index in [9.17, 15) is 19.2 Å². The van der Waals surface area contributed by atoms with Crippen molar-refractivity contribution < 1.29 is 28.7 Å². The largest absolute Gasteiger partial charge is 0.461 e. The van der Waals surface area contributed by atoms with Gasteiger partial charge in [-0.3, -0.25) is 9.59 Å². The highest BCUT2D eigenvalue weighted by atomic mass is 16.6. The third kappa shape index (κ3) is 10.1. The molecule has 38 heavy (non-hydrogen) atoms. The van der Waals surface area contributed by atoms with E-state index in [2.05, 4.69) is 17.4 Å². The van der Waals surface area contributed by atoms with Gasteiger partial charge in [0.1, 0.15) is 17.7 Å². The van der Waals surface area contributed by atoms with Crippen molar-refractivity contribution in [1.29, 1.82) is 0 Å². The molecule has 1 aliphatic rings. The van der Waals surface area contributed by atoms with Crippen molar-refractivity contribution in [3.05, 3.63) is 35.9 Å². The van der Waals surface area contributed by atoms with Crippen LogP contribution in [0.5, 0.6) is 0 Å². The van der Waals surface area contributed by atoms with Crippen LogP contribution in [0.3, 0.4) is 0 Å². The number of aryl methyl sites for hydroxylation is 1. The van der Waals surface area contributed by atoms with Crippen LogP contribution in [-0.4, -0.2) is 59.5 Å². The number of hydrogen-bond acceptors (Lipinski definition) is 6. The molecule has 0 radical (unpaired) electrons. The second-order valence-electron chi connectivity index (χ2n) is 11.7. The maximum absolute atomic E-state index is 13.3. The molecule has 1 saturated heterocycles. The molecule has 0 aromatic heterocycles. The van der Waals surface area contributed by atoms with E-state index in [0.717, 1.165) is 25.7 Å². The minimum Gasteiger partial charge on any atom is -0.461 e. The van der Waals surface area contributed by atoms with Crippen LogP contribution >= 0.6 is 0 Å². The average molecular weight is 531 g/mol. The molecule has 0 aliphatic carbocycles. The lowest BCUT2D eigenvalue weighted by Crippen LogP contribution is -2.53. The number of benzene rings is 1. The maximum Gasteiger partial charge on any atom is 0.407 e. The van der Waals surface area contributed by atoms with Crippen LogP contribution in [0.2, 0.25) is 0 Å². The van der Waals surface area contributed by atoms with Gasteiger partial charge in [0.2, 0.25) is 5.78 Å². The Bertz CT molecular complexity index is 938. The third-order valence-electron chi connectivity index (χ3n) is 6.98. The number of ketones is 1. The number of nitrogens with one attached hydrogen (secondary N) is 1. The first-order valence-corrected chi connectivity index (χ1v) is 13.9. The lowest BCUT2D eigenvalue weighted by Gasteiger charge is -2.36. The molecule has 212 valence electrons. The number of amides is 2. The fourth-order valence-corrected chi connectivity index (χ4v) is 4.33. The zero-order valence-electron chi connectivity index (χ0n) is 24.0. The minimum absolute atomic E-state index is 0.286. The van der Waals surface area contributed by atoms with Crippen molar-refractivity contribution >= 4 is 23.8 Å². The van der Waals surface area contributed by atoms with Gasteiger partial charge in [0.25, 0.3) is 5.91 Å². The fourth-order valence-electron chi connectivity index (χ4n) is 4.33. The molecule has 2 atom stereocenters. The SMILES string of the molecule is CCC(C)(C)C(=O)C(=O)N1CCCCC1C(=O)OC(CCCc1ccccc1)CCNC(=O)OC(C)(C)C. The Morgan fingerprint density at radius 3 is 2.34 bits per heavy atom. The van der Waals surface area contributed by atoms with E-state index >= 15 is 0 Å². The van der Waals surface area contributed by atoms with Crippen LogP contribution in [0, 0.1) is 5.41 Å². The molecular formula is C30H46N2O6. The molecule has 8 nitrogen and oxygen atoms in total. The van der Waals surface area contributed by atoms with Gasteiger partial charge in [0.05, 0.1) is 0 Å². The molecule has 1 aromatic rings. The third-order valence-corrected chi connectivity index (χ3v) is 6.98. The topological polar surface area (TPSA) is 102 Å². The van der Waals surface area contributed by atoms with Crippen molar-refractivity contribution in [2.45, 2.75) is 111 Å². The molecule has 0 bridgehead atoms. The fraction of sp³-hybridized carbons (Fsp3) is 0.667. The van der Waals surface area contributed by atoms with Gasteiger partial charge in [-0.15, -0.1) is 0 Å². The molecule has 0 saturated carbocycles. The number of piperidine rings is 1. The summed E-state index contributed by atoms with van der Waals surface area (Å²) < 4.78 is 11.2. The number of ether oxygens (including phenoxy) is 2. The van der Waals surface area contributed by atoms with Crippen molar-refractivity contribution in [2.24, 2.45) is 5.41 Å². The molecule has 1 heterocycles. The van der Waals surface area contributed by atoms with Crippen molar-refractivity contribution in [3.8, 4) is 0 Å². The molecule has 2 amide bonds. The zero-order chi connectivity index (χ0) is 28.3. The molecular weight excluding hydrogens is 484 g/mol. The van der Waals surface area contributed by atoms with E-state index < -0.39 is 46.9 Å². The number of carbonyl (C=O) groups is 4. The number of carbonyl (C=O) groups excluding carboxylic acids is 4. The first-order valence-electron chi connectivity index (χ1n) is 13.9. The molecule has 2 rings (SSSR count). The molecule has 1 N–H and O–H groups in total. The summed E-state index contributed by atoms with van der Waals surface area (Å²) in [6.45, 7) is 11.4. The van der Waals surface area contributed by atoms with Crippen LogP contribution in [-0.2, 0) is 30.3 Å². The molecule has 1 fully saturated rings. The molecule has 1 aromatic carbocycles. The standard InChI is InChI=1S/C30H46N2O6/c1-7-30(5,6)25(33)26(34)32-21-12-11-18-24(32)27(35)37-23(17-13-16-22-14-9-8-10-15-22)19-20-31-28(36)38-29(2,3)4/h8-10,14-15,23-24H,7,11-13,16-21H2,1-6H3,(H,31,36). The summed E-state index contributed by atoms with van der Waals surface area (Å²) in [6.07, 6.45) is 4.24. The number of esters is 1. The van der Waals surface area contributed by atoms with Gasteiger partial charge in [-0.2, -0.15) is 0 Å². The summed E-state index contributed by atoms with van der Waals surface area (Å²) in [5.41, 5.74) is -0.187. The van der Waals surface area contributed by atoms with E-state index in [0.29, 0.717) is 32.2 Å². The monoisotopic (exact) mass is 530 g/mol. The Morgan fingerprint density at radius 1 is 1.03 bits per heavy atom. The van der Waals surface area contributed by atoms with Gasteiger partial charge in [-0.05, 0) is 71.3 Å². The van der Waals surface area contributed by atoms with Gasteiger partial charge in [0, 0.05) is 24.9 Å². The van der Waals surface area contributed by atoms with Crippen LogP contribution in [0.4, 0.5) is 4.79 Å². The van der Waals surface area contributed by atoms with Crippen molar-refractivity contribution in [3.63, 3.8) is 0 Å². The van der Waals surface area contributed by atoms with Gasteiger partial charge in [-0.1, -0.05) is 51.1 Å². The summed E-state index contributed by atoms with van der Waals surface area (Å²) in [6, 6.07) is 9.31. The quantitative estimate of drug-likeness (QED) is 0.294. The van der Waals surface area contributed by atoms with Crippen LogP contribution in [0.1, 0.15) is 92.1 Å². The van der Waals surface area contributed by atoms with E-state index in [1.807, 2.05) is 25.1 Å². The molecule has 0 spiro atoms. The van der Waals surface area contributed by atoms with E-state index in [-0.39, 0.29) is 6.54 Å². The number of rotatable bonds is 12. The minimum atomic E-state index is -0.781. The Labute approximate surface area is 227 Å². The summed E-state index contributed by atoms with van der Waals surface area (Å²) in [4.78, 5) is 52.8. The van der Waals surface area contributed by atoms with E-state index in [1.54, 1.807) is 34.6 Å². The zero-order valence-corrected chi connectivity index (χ0v) is 24.0. The van der Waals surface area contributed by atoms with Gasteiger partial charge < -0.3 is 19.7 Å². The highest BCUT2D eigenvalue weighted by Crippen LogP contribution is 2.26. The predicted molar refractivity (Wildman–Crippen MR) is 147 cm³/mol. The summed E-state index contributed by atoms with van der Waals surface area (Å²) in [5, 5.41) is 2.73. The second-order valence-corrected chi connectivity index (χ2v) is 11.7. The molecule has 8 heteroatoms. The molecule has 2 unspecified atom stereocenters. The Hall–Kier alpha value is -2.90. The second kappa shape index (κ2) is 14.3. The Balaban J connectivity index is 2.06. The van der Waals surface area contributed by atoms with Crippen molar-refractivity contribution in [2.75, 3.05) is 13.1 Å². The Morgan fingerprint density at radius 2 is 1.71 bits per heavy atom. The number of hydrogen-bond donors (Lipinski definition) is 1. The highest BCUT2D eigenvalue weighted by Gasteiger charge is 2.41. The smallest absolute Gasteiger partial charge is 0.407 e. The number of alkyl carbamates (subject to hydrolysis) is 1. The molecule has 1 aliphatic heterocycles. The van der Waals surface area contributed by atoms with Crippen LogP contribution < -0.4 is 5.32 Å². The maximum atomic E-state index is 13.3. The van der Waals surface area contributed by atoms with Gasteiger partial charge in [0.15, 0.2) is 0 Å². The Kier molecular flexibility index (Phi) is 11.8. The van der Waals surface area contributed by atoms with Gasteiger partial charge in [-0.25, -0.2) is 9.59 Å².